The zero-order valence-electron chi connectivity index (χ0n) is 11.7. The van der Waals surface area contributed by atoms with Crippen LogP contribution in [-0.2, 0) is 4.79 Å². The molecule has 3 nitrogen and oxygen atoms in total. The lowest BCUT2D eigenvalue weighted by molar-refractivity contribution is -0.122. The van der Waals surface area contributed by atoms with Gasteiger partial charge in [0.1, 0.15) is 0 Å². The summed E-state index contributed by atoms with van der Waals surface area (Å²) in [6.45, 7) is 3.02. The van der Waals surface area contributed by atoms with Gasteiger partial charge in [0, 0.05) is 25.0 Å². The minimum Gasteiger partial charge on any atom is -0.353 e. The maximum absolute atomic E-state index is 11.8. The molecule has 1 atom stereocenters. The number of hydrogen-bond donors (Lipinski definition) is 2. The van der Waals surface area contributed by atoms with Crippen LogP contribution >= 0.6 is 0 Å². The van der Waals surface area contributed by atoms with Crippen LogP contribution in [0.25, 0.3) is 0 Å². The smallest absolute Gasteiger partial charge is 0.221 e. The number of nitrogens with one attached hydrogen (secondary N) is 2. The highest BCUT2D eigenvalue weighted by Crippen LogP contribution is 2.25. The fraction of sp³-hybridized carbons (Fsp3) is 0.933. The Balaban J connectivity index is 1.61. The van der Waals surface area contributed by atoms with Gasteiger partial charge in [-0.1, -0.05) is 25.7 Å². The molecule has 2 rings (SSSR count). The first-order chi connectivity index (χ1) is 8.75. The molecule has 0 heterocycles. The van der Waals surface area contributed by atoms with E-state index in [2.05, 4.69) is 17.6 Å². The third kappa shape index (κ3) is 4.97. The Hall–Kier alpha value is -0.570. The van der Waals surface area contributed by atoms with Crippen LogP contribution < -0.4 is 10.6 Å². The summed E-state index contributed by atoms with van der Waals surface area (Å²) in [5.74, 6) is 0.924. The molecular weight excluding hydrogens is 224 g/mol. The molecule has 2 aliphatic rings. The van der Waals surface area contributed by atoms with E-state index >= 15 is 0 Å². The first kappa shape index (κ1) is 13.9. The van der Waals surface area contributed by atoms with Gasteiger partial charge in [-0.3, -0.25) is 4.79 Å². The summed E-state index contributed by atoms with van der Waals surface area (Å²) in [4.78, 5) is 11.8. The fourth-order valence-electron chi connectivity index (χ4n) is 2.93. The van der Waals surface area contributed by atoms with Crippen molar-refractivity contribution in [3.05, 3.63) is 0 Å². The first-order valence-corrected chi connectivity index (χ1v) is 7.78. The molecule has 0 radical (unpaired) electrons. The van der Waals surface area contributed by atoms with Crippen LogP contribution in [0.4, 0.5) is 0 Å². The Morgan fingerprint density at radius 2 is 1.78 bits per heavy atom. The second kappa shape index (κ2) is 7.13. The molecule has 2 saturated carbocycles. The molecule has 0 spiro atoms. The van der Waals surface area contributed by atoms with Crippen LogP contribution in [0.1, 0.15) is 64.7 Å². The van der Waals surface area contributed by atoms with Gasteiger partial charge in [-0.2, -0.15) is 0 Å². The Morgan fingerprint density at radius 1 is 1.11 bits per heavy atom. The monoisotopic (exact) mass is 252 g/mol. The predicted molar refractivity (Wildman–Crippen MR) is 74.4 cm³/mol. The van der Waals surface area contributed by atoms with Gasteiger partial charge in [0.05, 0.1) is 0 Å². The van der Waals surface area contributed by atoms with Gasteiger partial charge >= 0.3 is 0 Å². The molecule has 0 aromatic rings. The summed E-state index contributed by atoms with van der Waals surface area (Å²) in [7, 11) is 0. The highest BCUT2D eigenvalue weighted by Gasteiger charge is 2.22. The largest absolute Gasteiger partial charge is 0.353 e. The summed E-state index contributed by atoms with van der Waals surface area (Å²) >= 11 is 0. The molecule has 1 amide bonds. The quantitative estimate of drug-likeness (QED) is 0.713. The second-order valence-electron chi connectivity index (χ2n) is 6.09. The normalized spacial score (nSPS) is 23.4. The van der Waals surface area contributed by atoms with Gasteiger partial charge in [0.25, 0.3) is 0 Å². The zero-order valence-corrected chi connectivity index (χ0v) is 11.7. The van der Waals surface area contributed by atoms with Crippen LogP contribution in [-0.4, -0.2) is 24.5 Å². The number of carbonyl (C=O) groups is 1. The first-order valence-electron chi connectivity index (χ1n) is 7.78. The number of hydrogen-bond acceptors (Lipinski definition) is 2. The Labute approximate surface area is 111 Å². The van der Waals surface area contributed by atoms with Gasteiger partial charge in [0.2, 0.25) is 5.91 Å². The summed E-state index contributed by atoms with van der Waals surface area (Å²) in [5.41, 5.74) is 0. The second-order valence-corrected chi connectivity index (χ2v) is 6.09. The zero-order chi connectivity index (χ0) is 12.8. The average molecular weight is 252 g/mol. The third-order valence-electron chi connectivity index (χ3n) is 4.36. The molecule has 0 unspecified atom stereocenters. The summed E-state index contributed by atoms with van der Waals surface area (Å²) < 4.78 is 0. The van der Waals surface area contributed by atoms with Crippen molar-refractivity contribution < 1.29 is 4.79 Å². The van der Waals surface area contributed by atoms with Crippen molar-refractivity contribution in [3.8, 4) is 0 Å². The molecule has 0 aromatic heterocycles. The van der Waals surface area contributed by atoms with Crippen LogP contribution in [0.2, 0.25) is 0 Å². The number of rotatable bonds is 6. The van der Waals surface area contributed by atoms with E-state index < -0.39 is 0 Å². The van der Waals surface area contributed by atoms with Crippen molar-refractivity contribution in [1.82, 2.24) is 10.6 Å². The molecule has 104 valence electrons. The Kier molecular flexibility index (Phi) is 5.48. The van der Waals surface area contributed by atoms with Crippen molar-refractivity contribution in [2.24, 2.45) is 5.92 Å². The Morgan fingerprint density at radius 3 is 2.39 bits per heavy atom. The molecule has 2 aliphatic carbocycles. The SMILES string of the molecule is C[C@@H](NC(=O)CCNC1CC1)C1CCCCCC1. The van der Waals surface area contributed by atoms with E-state index in [4.69, 9.17) is 0 Å². The average Bonchev–Trinajstić information content (AvgIpc) is 3.15. The maximum atomic E-state index is 11.8. The van der Waals surface area contributed by atoms with E-state index in [1.165, 1.54) is 51.4 Å². The molecular formula is C15H28N2O. The van der Waals surface area contributed by atoms with Gasteiger partial charge in [-0.15, -0.1) is 0 Å². The van der Waals surface area contributed by atoms with Gasteiger partial charge < -0.3 is 10.6 Å². The summed E-state index contributed by atoms with van der Waals surface area (Å²) in [5, 5.41) is 6.58. The summed E-state index contributed by atoms with van der Waals surface area (Å²) in [6.07, 6.45) is 11.2. The van der Waals surface area contributed by atoms with Crippen LogP contribution in [0.5, 0.6) is 0 Å². The van der Waals surface area contributed by atoms with Crippen molar-refractivity contribution in [1.29, 1.82) is 0 Å². The standard InChI is InChI=1S/C15H28N2O/c1-12(13-6-4-2-3-5-7-13)17-15(18)10-11-16-14-8-9-14/h12-14,16H,2-11H2,1H3,(H,17,18)/t12-/m1/s1. The van der Waals surface area contributed by atoms with Gasteiger partial charge in [-0.25, -0.2) is 0 Å². The maximum Gasteiger partial charge on any atom is 0.221 e. The molecule has 2 N–H and O–H groups in total. The predicted octanol–water partition coefficient (Wildman–Crippen LogP) is 2.60. The molecule has 0 bridgehead atoms. The van der Waals surface area contributed by atoms with Crippen molar-refractivity contribution in [2.75, 3.05) is 6.54 Å². The Bertz CT molecular complexity index is 255. The van der Waals surface area contributed by atoms with Gasteiger partial charge in [-0.05, 0) is 38.5 Å². The highest BCUT2D eigenvalue weighted by molar-refractivity contribution is 5.76. The lowest BCUT2D eigenvalue weighted by Gasteiger charge is -2.23. The third-order valence-corrected chi connectivity index (χ3v) is 4.36. The number of amides is 1. The van der Waals surface area contributed by atoms with E-state index in [1.807, 2.05) is 0 Å². The van der Waals surface area contributed by atoms with E-state index in [0.29, 0.717) is 24.4 Å². The molecule has 0 saturated heterocycles. The van der Waals surface area contributed by atoms with Crippen molar-refractivity contribution >= 4 is 5.91 Å². The highest BCUT2D eigenvalue weighted by atomic mass is 16.1. The van der Waals surface area contributed by atoms with E-state index in [0.717, 1.165) is 6.54 Å². The molecule has 0 aromatic carbocycles. The molecule has 0 aliphatic heterocycles. The van der Waals surface area contributed by atoms with Crippen molar-refractivity contribution in [2.45, 2.75) is 76.8 Å². The fourth-order valence-corrected chi connectivity index (χ4v) is 2.93. The minimum atomic E-state index is 0.222. The van der Waals surface area contributed by atoms with Crippen LogP contribution in [0.15, 0.2) is 0 Å². The lowest BCUT2D eigenvalue weighted by atomic mass is 9.93. The van der Waals surface area contributed by atoms with Crippen molar-refractivity contribution in [3.63, 3.8) is 0 Å². The molecule has 2 fully saturated rings. The van der Waals surface area contributed by atoms with E-state index in [9.17, 15) is 4.79 Å². The topological polar surface area (TPSA) is 41.1 Å². The number of carbonyl (C=O) groups excluding carboxylic acids is 1. The van der Waals surface area contributed by atoms with Crippen LogP contribution in [0, 0.1) is 5.92 Å². The summed E-state index contributed by atoms with van der Waals surface area (Å²) in [6, 6.07) is 1.06. The molecule has 18 heavy (non-hydrogen) atoms. The van der Waals surface area contributed by atoms with Gasteiger partial charge in [0.15, 0.2) is 0 Å². The lowest BCUT2D eigenvalue weighted by Crippen LogP contribution is -2.39. The minimum absolute atomic E-state index is 0.222. The van der Waals surface area contributed by atoms with E-state index in [1.54, 1.807) is 0 Å². The van der Waals surface area contributed by atoms with E-state index in [-0.39, 0.29) is 5.91 Å². The van der Waals surface area contributed by atoms with Crippen LogP contribution in [0.3, 0.4) is 0 Å². The molecule has 3 heteroatoms.